The van der Waals surface area contributed by atoms with Crippen LogP contribution < -0.4 is 0 Å². The molecule has 0 unspecified atom stereocenters. The van der Waals surface area contributed by atoms with Gasteiger partial charge in [0.05, 0.1) is 0 Å². The highest BCUT2D eigenvalue weighted by Gasteiger charge is 2.29. The second-order valence-corrected chi connectivity index (χ2v) is 2.11. The fraction of sp³-hybridized carbons (Fsp3) is 0.750. The zero-order valence-electron chi connectivity index (χ0n) is 4.34. The molecule has 0 radical (unpaired) electrons. The molecule has 3 heteroatoms. The fourth-order valence-corrected chi connectivity index (χ4v) is 0.487. The molecule has 0 atom stereocenters. The molecule has 1 heterocycles. The van der Waals surface area contributed by atoms with Crippen LogP contribution in [0.4, 0.5) is 0 Å². The first kappa shape index (κ1) is 4.43. The first-order chi connectivity index (χ1) is 3.10. The standard InChI is InChI=1S/C4H7NO2/c1-4(2)3-5(6)7-4/h3H,1-2H3. The van der Waals surface area contributed by atoms with Crippen molar-refractivity contribution >= 4 is 6.21 Å². The van der Waals surface area contributed by atoms with Gasteiger partial charge < -0.3 is 4.84 Å². The van der Waals surface area contributed by atoms with Crippen molar-refractivity contribution in [2.45, 2.75) is 19.4 Å². The fourth-order valence-electron chi connectivity index (χ4n) is 0.487. The highest BCUT2D eigenvalue weighted by atomic mass is 16.9. The molecular formula is C4H7NO2. The van der Waals surface area contributed by atoms with Gasteiger partial charge in [0, 0.05) is 4.90 Å². The third-order valence-corrected chi connectivity index (χ3v) is 0.742. The Morgan fingerprint density at radius 3 is 2.14 bits per heavy atom. The van der Waals surface area contributed by atoms with E-state index < -0.39 is 0 Å². The van der Waals surface area contributed by atoms with Crippen LogP contribution in [0.15, 0.2) is 0 Å². The zero-order chi connectivity index (χ0) is 5.49. The first-order valence-corrected chi connectivity index (χ1v) is 2.12. The van der Waals surface area contributed by atoms with E-state index in [9.17, 15) is 5.21 Å². The summed E-state index contributed by atoms with van der Waals surface area (Å²) in [4.78, 5) is 5.01. The maximum absolute atomic E-state index is 9.95. The van der Waals surface area contributed by atoms with Gasteiger partial charge in [-0.3, -0.25) is 5.21 Å². The molecule has 1 rings (SSSR count). The minimum absolute atomic E-state index is 0.318. The number of nitrogens with zero attached hydrogens (tertiary/aromatic N) is 1. The Labute approximate surface area is 41.7 Å². The molecule has 3 nitrogen and oxygen atoms in total. The molecule has 0 aromatic carbocycles. The van der Waals surface area contributed by atoms with Crippen LogP contribution in [0.5, 0.6) is 0 Å². The van der Waals surface area contributed by atoms with Crippen molar-refractivity contribution in [3.05, 3.63) is 5.21 Å². The molecule has 1 aliphatic rings. The van der Waals surface area contributed by atoms with E-state index in [2.05, 4.69) is 4.84 Å². The van der Waals surface area contributed by atoms with Crippen molar-refractivity contribution in [2.24, 2.45) is 0 Å². The van der Waals surface area contributed by atoms with Crippen LogP contribution in [-0.4, -0.2) is 16.7 Å². The summed E-state index contributed by atoms with van der Waals surface area (Å²) in [5.74, 6) is 0. The highest BCUT2D eigenvalue weighted by Crippen LogP contribution is 2.12. The smallest absolute Gasteiger partial charge is 0.231 e. The first-order valence-electron chi connectivity index (χ1n) is 2.12. The largest absolute Gasteiger partial charge is 0.387 e. The minimum Gasteiger partial charge on any atom is -0.387 e. The van der Waals surface area contributed by atoms with Crippen LogP contribution >= 0.6 is 0 Å². The summed E-state index contributed by atoms with van der Waals surface area (Å²) in [7, 11) is 0. The zero-order valence-corrected chi connectivity index (χ0v) is 4.34. The lowest BCUT2D eigenvalue weighted by atomic mass is 10.1. The van der Waals surface area contributed by atoms with E-state index in [1.165, 1.54) is 6.21 Å². The average Bonchev–Trinajstić information content (AvgIpc) is 1.27. The molecule has 0 bridgehead atoms. The number of rotatable bonds is 0. The molecule has 0 N–H and O–H groups in total. The van der Waals surface area contributed by atoms with Gasteiger partial charge in [-0.2, -0.15) is 0 Å². The Morgan fingerprint density at radius 2 is 2.14 bits per heavy atom. The lowest BCUT2D eigenvalue weighted by Crippen LogP contribution is -2.43. The monoisotopic (exact) mass is 101 g/mol. The molecule has 0 aromatic heterocycles. The molecule has 0 amide bonds. The van der Waals surface area contributed by atoms with Gasteiger partial charge in [0.1, 0.15) is 0 Å². The Bertz CT molecular complexity index is 117. The van der Waals surface area contributed by atoms with E-state index in [0.717, 1.165) is 0 Å². The van der Waals surface area contributed by atoms with Crippen molar-refractivity contribution in [1.82, 2.24) is 0 Å². The van der Waals surface area contributed by atoms with Crippen LogP contribution in [-0.2, 0) is 4.84 Å². The van der Waals surface area contributed by atoms with Gasteiger partial charge in [-0.1, -0.05) is 0 Å². The Kier molecular flexibility index (Phi) is 0.576. The lowest BCUT2D eigenvalue weighted by Gasteiger charge is -2.27. The topological polar surface area (TPSA) is 35.3 Å². The summed E-state index contributed by atoms with van der Waals surface area (Å²) < 4.78 is 0. The van der Waals surface area contributed by atoms with Gasteiger partial charge in [-0.05, 0) is 13.8 Å². The Hall–Kier alpha value is -0.730. The molecule has 1 aliphatic heterocycles. The van der Waals surface area contributed by atoms with Crippen LogP contribution in [0.3, 0.4) is 0 Å². The molecule has 0 saturated carbocycles. The van der Waals surface area contributed by atoms with Gasteiger partial charge in [-0.25, -0.2) is 0 Å². The van der Waals surface area contributed by atoms with Gasteiger partial charge in [-0.15, -0.1) is 0 Å². The summed E-state index contributed by atoms with van der Waals surface area (Å²) in [5.41, 5.74) is -0.318. The van der Waals surface area contributed by atoms with Gasteiger partial charge in [0.15, 0.2) is 5.60 Å². The summed E-state index contributed by atoms with van der Waals surface area (Å²) in [6.45, 7) is 3.64. The second kappa shape index (κ2) is 0.911. The van der Waals surface area contributed by atoms with Gasteiger partial charge >= 0.3 is 0 Å². The summed E-state index contributed by atoms with van der Waals surface area (Å²) >= 11 is 0. The third kappa shape index (κ3) is 0.656. The molecule has 0 fully saturated rings. The molecular weight excluding hydrogens is 94.0 g/mol. The molecule has 7 heavy (non-hydrogen) atoms. The second-order valence-electron chi connectivity index (χ2n) is 2.11. The van der Waals surface area contributed by atoms with E-state index >= 15 is 0 Å². The summed E-state index contributed by atoms with van der Waals surface area (Å²) in [5, 5.41) is 9.95. The van der Waals surface area contributed by atoms with E-state index in [4.69, 9.17) is 0 Å². The molecule has 40 valence electrons. The summed E-state index contributed by atoms with van der Waals surface area (Å²) in [6.07, 6.45) is 1.47. The predicted octanol–water partition coefficient (Wildman–Crippen LogP) is 0.291. The number of hydrogen-bond acceptors (Lipinski definition) is 2. The van der Waals surface area contributed by atoms with Crippen LogP contribution in [0.25, 0.3) is 0 Å². The van der Waals surface area contributed by atoms with Crippen molar-refractivity contribution in [3.63, 3.8) is 0 Å². The molecule has 0 aliphatic carbocycles. The Balaban J connectivity index is 2.60. The lowest BCUT2D eigenvalue weighted by molar-refractivity contribution is -0.792. The van der Waals surface area contributed by atoms with Crippen molar-refractivity contribution in [2.75, 3.05) is 0 Å². The Morgan fingerprint density at radius 1 is 1.71 bits per heavy atom. The number of hydrogen-bond donors (Lipinski definition) is 0. The average molecular weight is 101 g/mol. The van der Waals surface area contributed by atoms with E-state index in [-0.39, 0.29) is 5.60 Å². The predicted molar refractivity (Wildman–Crippen MR) is 24.9 cm³/mol. The molecule has 0 aromatic rings. The van der Waals surface area contributed by atoms with Crippen LogP contribution in [0.1, 0.15) is 13.8 Å². The van der Waals surface area contributed by atoms with Crippen molar-refractivity contribution < 1.29 is 9.74 Å². The van der Waals surface area contributed by atoms with Gasteiger partial charge in [0.2, 0.25) is 6.21 Å². The van der Waals surface area contributed by atoms with Crippen LogP contribution in [0.2, 0.25) is 0 Å². The normalized spacial score (nSPS) is 24.6. The van der Waals surface area contributed by atoms with Gasteiger partial charge in [0.25, 0.3) is 0 Å². The van der Waals surface area contributed by atoms with E-state index in [1.807, 2.05) is 13.8 Å². The SMILES string of the molecule is CC1(C)C=[N+]([O-])O1. The summed E-state index contributed by atoms with van der Waals surface area (Å²) in [6, 6.07) is 0. The minimum atomic E-state index is -0.318. The van der Waals surface area contributed by atoms with E-state index in [1.54, 1.807) is 0 Å². The highest BCUT2D eigenvalue weighted by molar-refractivity contribution is 5.64. The molecule has 0 saturated heterocycles. The quantitative estimate of drug-likeness (QED) is 0.411. The van der Waals surface area contributed by atoms with Crippen molar-refractivity contribution in [1.29, 1.82) is 0 Å². The van der Waals surface area contributed by atoms with Crippen LogP contribution in [0, 0.1) is 5.21 Å². The third-order valence-electron chi connectivity index (χ3n) is 0.742. The maximum Gasteiger partial charge on any atom is 0.231 e. The van der Waals surface area contributed by atoms with E-state index in [0.29, 0.717) is 4.90 Å². The van der Waals surface area contributed by atoms with Crippen molar-refractivity contribution in [3.8, 4) is 0 Å². The maximum atomic E-state index is 9.95. The molecule has 0 spiro atoms.